The van der Waals surface area contributed by atoms with Crippen LogP contribution in [0.25, 0.3) is 22.4 Å². The molecule has 0 fully saturated rings. The molecule has 1 heterocycles. The quantitative estimate of drug-likeness (QED) is 0.666. The normalized spacial score (nSPS) is 11.1. The SMILES string of the molecule is Cc1ccc(-c2cc(C(=O)O)cc(-c3cc(C(F)(F)F)ccc3C#N)c2)nc1. The monoisotopic (exact) mass is 382 g/mol. The van der Waals surface area contributed by atoms with Crippen molar-refractivity contribution in [2.75, 3.05) is 0 Å². The number of nitrogens with zero attached hydrogens (tertiary/aromatic N) is 2. The van der Waals surface area contributed by atoms with Gasteiger partial charge in [0.15, 0.2) is 0 Å². The molecule has 0 aliphatic rings. The molecular weight excluding hydrogens is 369 g/mol. The Kier molecular flexibility index (Phi) is 4.89. The number of aryl methyl sites for hydroxylation is 1. The first kappa shape index (κ1) is 19.1. The van der Waals surface area contributed by atoms with Gasteiger partial charge in [0, 0.05) is 17.3 Å². The Hall–Kier alpha value is -3.66. The Morgan fingerprint density at radius 3 is 2.36 bits per heavy atom. The van der Waals surface area contributed by atoms with Crippen molar-refractivity contribution in [2.24, 2.45) is 0 Å². The average Bonchev–Trinajstić information content (AvgIpc) is 2.67. The van der Waals surface area contributed by atoms with Gasteiger partial charge in [-0.25, -0.2) is 4.79 Å². The summed E-state index contributed by atoms with van der Waals surface area (Å²) in [6.07, 6.45) is -2.98. The second-order valence-electron chi connectivity index (χ2n) is 6.19. The number of carbonyl (C=O) groups is 1. The van der Waals surface area contributed by atoms with E-state index in [0.717, 1.165) is 23.8 Å². The summed E-state index contributed by atoms with van der Waals surface area (Å²) in [4.78, 5) is 15.8. The predicted octanol–water partition coefficient (Wildman–Crippen LogP) is 5.31. The van der Waals surface area contributed by atoms with E-state index in [9.17, 15) is 28.3 Å². The maximum atomic E-state index is 13.1. The third-order valence-electron chi connectivity index (χ3n) is 4.17. The lowest BCUT2D eigenvalue weighted by Crippen LogP contribution is -2.05. The first-order valence-electron chi connectivity index (χ1n) is 8.12. The van der Waals surface area contributed by atoms with Crippen LogP contribution < -0.4 is 0 Å². The topological polar surface area (TPSA) is 74.0 Å². The van der Waals surface area contributed by atoms with Crippen molar-refractivity contribution >= 4 is 5.97 Å². The van der Waals surface area contributed by atoms with E-state index >= 15 is 0 Å². The first-order valence-corrected chi connectivity index (χ1v) is 8.12. The molecule has 0 saturated carbocycles. The summed E-state index contributed by atoms with van der Waals surface area (Å²) < 4.78 is 39.4. The number of aromatic nitrogens is 1. The average molecular weight is 382 g/mol. The number of carboxylic acid groups (broad SMARTS) is 1. The van der Waals surface area contributed by atoms with Crippen molar-refractivity contribution in [3.05, 3.63) is 77.0 Å². The third kappa shape index (κ3) is 3.86. The van der Waals surface area contributed by atoms with E-state index in [4.69, 9.17) is 0 Å². The fourth-order valence-electron chi connectivity index (χ4n) is 2.75. The van der Waals surface area contributed by atoms with Gasteiger partial charge in [0.25, 0.3) is 0 Å². The van der Waals surface area contributed by atoms with E-state index in [2.05, 4.69) is 4.98 Å². The zero-order chi connectivity index (χ0) is 20.5. The number of benzene rings is 2. The zero-order valence-electron chi connectivity index (χ0n) is 14.6. The summed E-state index contributed by atoms with van der Waals surface area (Å²) in [5.41, 5.74) is 0.986. The first-order chi connectivity index (χ1) is 13.2. The van der Waals surface area contributed by atoms with Crippen molar-refractivity contribution in [1.82, 2.24) is 4.98 Å². The lowest BCUT2D eigenvalue weighted by molar-refractivity contribution is -0.137. The predicted molar refractivity (Wildman–Crippen MR) is 96.5 cm³/mol. The minimum Gasteiger partial charge on any atom is -0.478 e. The van der Waals surface area contributed by atoms with E-state index in [0.29, 0.717) is 11.3 Å². The van der Waals surface area contributed by atoms with Crippen molar-refractivity contribution in [1.29, 1.82) is 5.26 Å². The summed E-state index contributed by atoms with van der Waals surface area (Å²) >= 11 is 0. The number of rotatable bonds is 3. The van der Waals surface area contributed by atoms with Crippen molar-refractivity contribution in [3.8, 4) is 28.5 Å². The molecule has 1 aromatic heterocycles. The van der Waals surface area contributed by atoms with Gasteiger partial charge in [-0.1, -0.05) is 6.07 Å². The zero-order valence-corrected chi connectivity index (χ0v) is 14.6. The number of carboxylic acids is 1. The lowest BCUT2D eigenvalue weighted by atomic mass is 9.93. The van der Waals surface area contributed by atoms with Crippen LogP contribution in [0.2, 0.25) is 0 Å². The molecule has 0 atom stereocenters. The second-order valence-corrected chi connectivity index (χ2v) is 6.19. The summed E-state index contributed by atoms with van der Waals surface area (Å²) in [5.74, 6) is -1.24. The van der Waals surface area contributed by atoms with E-state index in [1.807, 2.05) is 13.0 Å². The molecule has 4 nitrogen and oxygen atoms in total. The molecule has 3 aromatic rings. The lowest BCUT2D eigenvalue weighted by Gasteiger charge is -2.13. The molecule has 1 N–H and O–H groups in total. The Morgan fingerprint density at radius 2 is 1.79 bits per heavy atom. The van der Waals surface area contributed by atoms with Crippen molar-refractivity contribution in [3.63, 3.8) is 0 Å². The molecule has 0 spiro atoms. The van der Waals surface area contributed by atoms with Gasteiger partial charge in [-0.15, -0.1) is 0 Å². The molecule has 0 bridgehead atoms. The summed E-state index contributed by atoms with van der Waals surface area (Å²) in [6.45, 7) is 1.84. The largest absolute Gasteiger partial charge is 0.478 e. The Bertz CT molecular complexity index is 1100. The molecule has 0 radical (unpaired) electrons. The summed E-state index contributed by atoms with van der Waals surface area (Å²) in [5, 5.41) is 18.7. The number of nitriles is 1. The molecule has 3 rings (SSSR count). The maximum absolute atomic E-state index is 13.1. The van der Waals surface area contributed by atoms with Crippen LogP contribution in [-0.2, 0) is 6.18 Å². The molecule has 7 heteroatoms. The van der Waals surface area contributed by atoms with Crippen LogP contribution in [0.5, 0.6) is 0 Å². The number of halogens is 3. The van der Waals surface area contributed by atoms with Crippen LogP contribution in [0.15, 0.2) is 54.7 Å². The number of pyridine rings is 1. The molecule has 0 unspecified atom stereocenters. The molecule has 2 aromatic carbocycles. The summed E-state index contributed by atoms with van der Waals surface area (Å²) in [7, 11) is 0. The van der Waals surface area contributed by atoms with Gasteiger partial charge in [-0.2, -0.15) is 18.4 Å². The van der Waals surface area contributed by atoms with Gasteiger partial charge in [0.2, 0.25) is 0 Å². The van der Waals surface area contributed by atoms with Gasteiger partial charge in [-0.05, 0) is 60.5 Å². The molecule has 140 valence electrons. The highest BCUT2D eigenvalue weighted by Crippen LogP contribution is 2.35. The van der Waals surface area contributed by atoms with Crippen molar-refractivity contribution < 1.29 is 23.1 Å². The Morgan fingerprint density at radius 1 is 1.07 bits per heavy atom. The van der Waals surface area contributed by atoms with E-state index in [1.54, 1.807) is 18.3 Å². The Balaban J connectivity index is 2.26. The number of hydrogen-bond donors (Lipinski definition) is 1. The van der Waals surface area contributed by atoms with E-state index < -0.39 is 17.7 Å². The van der Waals surface area contributed by atoms with Gasteiger partial charge in [0.1, 0.15) is 0 Å². The van der Waals surface area contributed by atoms with Crippen LogP contribution in [0.1, 0.15) is 27.0 Å². The number of alkyl halides is 3. The van der Waals surface area contributed by atoms with E-state index in [1.165, 1.54) is 18.2 Å². The smallest absolute Gasteiger partial charge is 0.416 e. The highest BCUT2D eigenvalue weighted by Gasteiger charge is 2.31. The minimum absolute atomic E-state index is 0.00814. The number of aromatic carboxylic acids is 1. The second kappa shape index (κ2) is 7.16. The Labute approximate surface area is 158 Å². The van der Waals surface area contributed by atoms with Crippen LogP contribution >= 0.6 is 0 Å². The highest BCUT2D eigenvalue weighted by atomic mass is 19.4. The standard InChI is InChI=1S/C21H13F3N2O2/c1-12-2-5-19(26-11-12)15-6-14(7-16(8-15)20(27)28)18-9-17(21(22,23)24)4-3-13(18)10-25/h2-9,11H,1H3,(H,27,28). The minimum atomic E-state index is -4.59. The summed E-state index contributed by atoms with van der Waals surface area (Å²) in [6, 6.07) is 12.3. The molecule has 0 aliphatic carbocycles. The van der Waals surface area contributed by atoms with Gasteiger partial charge < -0.3 is 5.11 Å². The van der Waals surface area contributed by atoms with Crippen LogP contribution in [-0.4, -0.2) is 16.1 Å². The molecule has 0 amide bonds. The molecular formula is C21H13F3N2O2. The van der Waals surface area contributed by atoms with Crippen molar-refractivity contribution in [2.45, 2.75) is 13.1 Å². The van der Waals surface area contributed by atoms with Gasteiger partial charge in [-0.3, -0.25) is 4.98 Å². The highest BCUT2D eigenvalue weighted by molar-refractivity contribution is 5.92. The van der Waals surface area contributed by atoms with Gasteiger partial charge in [0.05, 0.1) is 28.5 Å². The molecule has 28 heavy (non-hydrogen) atoms. The van der Waals surface area contributed by atoms with Crippen LogP contribution in [0.3, 0.4) is 0 Å². The third-order valence-corrected chi connectivity index (χ3v) is 4.17. The molecule has 0 saturated heterocycles. The van der Waals surface area contributed by atoms with Crippen LogP contribution in [0, 0.1) is 18.3 Å². The fourth-order valence-corrected chi connectivity index (χ4v) is 2.75. The molecule has 0 aliphatic heterocycles. The van der Waals surface area contributed by atoms with Crippen LogP contribution in [0.4, 0.5) is 13.2 Å². The maximum Gasteiger partial charge on any atom is 0.416 e. The van der Waals surface area contributed by atoms with E-state index in [-0.39, 0.29) is 22.3 Å². The van der Waals surface area contributed by atoms with Gasteiger partial charge >= 0.3 is 12.1 Å². The fraction of sp³-hybridized carbons (Fsp3) is 0.0952. The number of hydrogen-bond acceptors (Lipinski definition) is 3.